The topological polar surface area (TPSA) is 55.8 Å². The number of halogens is 1. The summed E-state index contributed by atoms with van der Waals surface area (Å²) < 4.78 is 10.5. The number of rotatable bonds is 5. The number of methoxy groups -OCH3 is 1. The second-order valence-corrected chi connectivity index (χ2v) is 6.21. The molecular weight excluding hydrogens is 342 g/mol. The molecule has 1 saturated heterocycles. The average molecular weight is 360 g/mol. The summed E-state index contributed by atoms with van der Waals surface area (Å²) in [5.74, 6) is -0.163. The molecule has 3 rings (SSSR count). The van der Waals surface area contributed by atoms with Gasteiger partial charge in [0.15, 0.2) is 0 Å². The van der Waals surface area contributed by atoms with Gasteiger partial charge in [-0.25, -0.2) is 0 Å². The van der Waals surface area contributed by atoms with E-state index in [1.165, 1.54) is 7.11 Å². The van der Waals surface area contributed by atoms with Gasteiger partial charge in [-0.15, -0.1) is 0 Å². The fourth-order valence-electron chi connectivity index (χ4n) is 2.78. The maximum absolute atomic E-state index is 12.1. The van der Waals surface area contributed by atoms with Gasteiger partial charge in [-0.3, -0.25) is 9.59 Å². The van der Waals surface area contributed by atoms with Crippen molar-refractivity contribution in [3.8, 4) is 5.75 Å². The molecule has 0 N–H and O–H groups in total. The van der Waals surface area contributed by atoms with Gasteiger partial charge < -0.3 is 14.4 Å². The van der Waals surface area contributed by atoms with E-state index >= 15 is 0 Å². The number of amides is 1. The highest BCUT2D eigenvalue weighted by molar-refractivity contribution is 6.31. The molecule has 0 aliphatic carbocycles. The summed E-state index contributed by atoms with van der Waals surface area (Å²) in [5.41, 5.74) is 1.64. The lowest BCUT2D eigenvalue weighted by Gasteiger charge is -2.17. The lowest BCUT2D eigenvalue weighted by molar-refractivity contribution is -0.145. The first kappa shape index (κ1) is 17.3. The van der Waals surface area contributed by atoms with Crippen LogP contribution in [0.3, 0.4) is 0 Å². The molecule has 0 saturated carbocycles. The first-order chi connectivity index (χ1) is 12.1. The molecule has 1 atom stereocenters. The highest BCUT2D eigenvalue weighted by Gasteiger charge is 2.35. The Morgan fingerprint density at radius 3 is 2.60 bits per heavy atom. The summed E-state index contributed by atoms with van der Waals surface area (Å²) >= 11 is 6.11. The fourth-order valence-corrected chi connectivity index (χ4v) is 2.97. The number of ether oxygens (including phenoxy) is 2. The first-order valence-electron chi connectivity index (χ1n) is 7.93. The van der Waals surface area contributed by atoms with Crippen molar-refractivity contribution in [2.45, 2.75) is 13.0 Å². The zero-order valence-electron chi connectivity index (χ0n) is 13.8. The summed E-state index contributed by atoms with van der Waals surface area (Å²) in [6.07, 6.45) is 0.178. The lowest BCUT2D eigenvalue weighted by atomic mass is 10.1. The first-order valence-corrected chi connectivity index (χ1v) is 8.30. The van der Waals surface area contributed by atoms with E-state index in [1.807, 2.05) is 24.3 Å². The van der Waals surface area contributed by atoms with Gasteiger partial charge in [0.05, 0.1) is 13.0 Å². The van der Waals surface area contributed by atoms with E-state index in [0.717, 1.165) is 11.3 Å². The number of nitrogens with zero attached hydrogens (tertiary/aromatic N) is 1. The summed E-state index contributed by atoms with van der Waals surface area (Å²) in [4.78, 5) is 25.3. The van der Waals surface area contributed by atoms with Gasteiger partial charge in [0.2, 0.25) is 5.91 Å². The number of anilines is 1. The van der Waals surface area contributed by atoms with E-state index in [-0.39, 0.29) is 18.3 Å². The monoisotopic (exact) mass is 359 g/mol. The number of hydrogen-bond donors (Lipinski definition) is 0. The Bertz CT molecular complexity index is 775. The van der Waals surface area contributed by atoms with Crippen LogP contribution in [0.4, 0.5) is 5.69 Å². The summed E-state index contributed by atoms with van der Waals surface area (Å²) in [6.45, 7) is 0.706. The molecule has 1 amide bonds. The smallest absolute Gasteiger partial charge is 0.311 e. The fraction of sp³-hybridized carbons (Fsp3) is 0.263. The molecule has 6 heteroatoms. The normalized spacial score (nSPS) is 16.8. The van der Waals surface area contributed by atoms with E-state index in [4.69, 9.17) is 21.1 Å². The highest BCUT2D eigenvalue weighted by atomic mass is 35.5. The van der Waals surface area contributed by atoms with Gasteiger partial charge in [-0.1, -0.05) is 29.8 Å². The molecule has 2 aromatic carbocycles. The Morgan fingerprint density at radius 2 is 1.92 bits per heavy atom. The van der Waals surface area contributed by atoms with Gasteiger partial charge in [0.25, 0.3) is 0 Å². The maximum atomic E-state index is 12.1. The maximum Gasteiger partial charge on any atom is 0.311 e. The Balaban J connectivity index is 1.63. The largest absolute Gasteiger partial charge is 0.489 e. The third-order valence-corrected chi connectivity index (χ3v) is 4.53. The summed E-state index contributed by atoms with van der Waals surface area (Å²) in [7, 11) is 1.33. The standard InChI is InChI=1S/C19H18ClNO4/c1-24-19(23)14-10-18(22)21(11-14)15-6-8-16(9-7-15)25-12-13-4-2-3-5-17(13)20/h2-9,14H,10-12H2,1H3/t14-/m0/s1. The molecule has 0 aromatic heterocycles. The molecule has 0 unspecified atom stereocenters. The van der Waals surface area contributed by atoms with Crippen molar-refractivity contribution in [3.05, 3.63) is 59.1 Å². The Hall–Kier alpha value is -2.53. The van der Waals surface area contributed by atoms with E-state index in [9.17, 15) is 9.59 Å². The van der Waals surface area contributed by atoms with Crippen LogP contribution in [0.5, 0.6) is 5.75 Å². The molecule has 1 aliphatic rings. The molecule has 130 valence electrons. The van der Waals surface area contributed by atoms with Crippen LogP contribution >= 0.6 is 11.6 Å². The molecule has 0 bridgehead atoms. The molecular formula is C19H18ClNO4. The minimum Gasteiger partial charge on any atom is -0.489 e. The van der Waals surface area contributed by atoms with Crippen LogP contribution < -0.4 is 9.64 Å². The highest BCUT2D eigenvalue weighted by Crippen LogP contribution is 2.28. The minimum atomic E-state index is -0.409. The Labute approximate surface area is 151 Å². The van der Waals surface area contributed by atoms with Crippen LogP contribution in [0.15, 0.2) is 48.5 Å². The zero-order valence-corrected chi connectivity index (χ0v) is 14.5. The van der Waals surface area contributed by atoms with Crippen molar-refractivity contribution in [2.75, 3.05) is 18.6 Å². The molecule has 0 radical (unpaired) electrons. The Kier molecular flexibility index (Phi) is 5.24. The number of hydrogen-bond acceptors (Lipinski definition) is 4. The van der Waals surface area contributed by atoms with Crippen molar-refractivity contribution in [1.29, 1.82) is 0 Å². The molecule has 1 heterocycles. The van der Waals surface area contributed by atoms with Crippen molar-refractivity contribution in [1.82, 2.24) is 0 Å². The van der Waals surface area contributed by atoms with Crippen molar-refractivity contribution in [3.63, 3.8) is 0 Å². The second-order valence-electron chi connectivity index (χ2n) is 5.80. The summed E-state index contributed by atoms with van der Waals surface area (Å²) in [5, 5.41) is 0.663. The number of carbonyl (C=O) groups is 2. The third-order valence-electron chi connectivity index (χ3n) is 4.16. The van der Waals surface area contributed by atoms with Crippen molar-refractivity contribution < 1.29 is 19.1 Å². The predicted octanol–water partition coefficient (Wildman–Crippen LogP) is 3.44. The van der Waals surface area contributed by atoms with Gasteiger partial charge in [0, 0.05) is 29.2 Å². The van der Waals surface area contributed by atoms with Crippen LogP contribution in [0, 0.1) is 5.92 Å². The predicted molar refractivity (Wildman–Crippen MR) is 94.7 cm³/mol. The molecule has 5 nitrogen and oxygen atoms in total. The van der Waals surface area contributed by atoms with Gasteiger partial charge in [0.1, 0.15) is 12.4 Å². The van der Waals surface area contributed by atoms with Gasteiger partial charge in [-0.2, -0.15) is 0 Å². The van der Waals surface area contributed by atoms with Crippen LogP contribution in [0.1, 0.15) is 12.0 Å². The SMILES string of the molecule is COC(=O)[C@H]1CC(=O)N(c2ccc(OCc3ccccc3Cl)cc2)C1. The van der Waals surface area contributed by atoms with Gasteiger partial charge >= 0.3 is 5.97 Å². The lowest BCUT2D eigenvalue weighted by Crippen LogP contribution is -2.26. The van der Waals surface area contributed by atoms with E-state index in [2.05, 4.69) is 0 Å². The third kappa shape index (κ3) is 3.94. The average Bonchev–Trinajstić information content (AvgIpc) is 3.02. The molecule has 1 fully saturated rings. The second kappa shape index (κ2) is 7.57. The minimum absolute atomic E-state index is 0.0832. The van der Waals surface area contributed by atoms with Crippen LogP contribution in [0.2, 0.25) is 5.02 Å². The number of carbonyl (C=O) groups excluding carboxylic acids is 2. The zero-order chi connectivity index (χ0) is 17.8. The molecule has 25 heavy (non-hydrogen) atoms. The molecule has 1 aliphatic heterocycles. The van der Waals surface area contributed by atoms with Crippen molar-refractivity contribution in [2.24, 2.45) is 5.92 Å². The van der Waals surface area contributed by atoms with Crippen LogP contribution in [-0.2, 0) is 20.9 Å². The molecule has 2 aromatic rings. The van der Waals surface area contributed by atoms with Gasteiger partial charge in [-0.05, 0) is 30.3 Å². The quantitative estimate of drug-likeness (QED) is 0.767. The van der Waals surface area contributed by atoms with Crippen molar-refractivity contribution >= 4 is 29.2 Å². The van der Waals surface area contributed by atoms with E-state index < -0.39 is 5.92 Å². The summed E-state index contributed by atoms with van der Waals surface area (Å²) in [6, 6.07) is 14.7. The van der Waals surface area contributed by atoms with Crippen LogP contribution in [-0.4, -0.2) is 25.5 Å². The Morgan fingerprint density at radius 1 is 1.20 bits per heavy atom. The number of esters is 1. The number of benzene rings is 2. The van der Waals surface area contributed by atoms with Crippen LogP contribution in [0.25, 0.3) is 0 Å². The molecule has 0 spiro atoms. The van der Waals surface area contributed by atoms with E-state index in [0.29, 0.717) is 23.9 Å². The van der Waals surface area contributed by atoms with E-state index in [1.54, 1.807) is 29.2 Å².